The van der Waals surface area contributed by atoms with Crippen LogP contribution < -0.4 is 4.74 Å². The quantitative estimate of drug-likeness (QED) is 0.300. The minimum atomic E-state index is -0.611. The summed E-state index contributed by atoms with van der Waals surface area (Å²) in [7, 11) is 0. The van der Waals surface area contributed by atoms with Crippen molar-refractivity contribution in [3.8, 4) is 5.75 Å². The number of unbranched alkanes of at least 4 members (excludes halogenated alkanes) is 4. The van der Waals surface area contributed by atoms with Gasteiger partial charge in [0.15, 0.2) is 0 Å². The lowest BCUT2D eigenvalue weighted by atomic mass is 10.0. The van der Waals surface area contributed by atoms with E-state index < -0.39 is 6.16 Å². The monoisotopic (exact) mass is 354 g/mol. The van der Waals surface area contributed by atoms with Crippen molar-refractivity contribution in [2.24, 2.45) is 0 Å². The summed E-state index contributed by atoms with van der Waals surface area (Å²) in [5.41, 5.74) is 4.72. The molecule has 0 aromatic heterocycles. The second kappa shape index (κ2) is 10.6. The van der Waals surface area contributed by atoms with Crippen LogP contribution in [0.4, 0.5) is 4.79 Å². The third-order valence-electron chi connectivity index (χ3n) is 4.87. The van der Waals surface area contributed by atoms with Gasteiger partial charge in [0.1, 0.15) is 5.75 Å². The average molecular weight is 354 g/mol. The Labute approximate surface area is 157 Å². The number of hydrogen-bond donors (Lipinski definition) is 0. The van der Waals surface area contributed by atoms with Crippen LogP contribution in [-0.2, 0) is 11.2 Å². The normalized spacial score (nSPS) is 10.6. The van der Waals surface area contributed by atoms with Crippen molar-refractivity contribution < 1.29 is 14.3 Å². The fourth-order valence-corrected chi connectivity index (χ4v) is 2.92. The Balaban J connectivity index is 1.54. The summed E-state index contributed by atoms with van der Waals surface area (Å²) < 4.78 is 10.5. The Bertz CT molecular complexity index is 692. The lowest BCUT2D eigenvalue weighted by molar-refractivity contribution is 0.0970. The third-order valence-corrected chi connectivity index (χ3v) is 4.87. The number of carbonyl (C=O) groups is 1. The molecule has 0 spiro atoms. The maximum Gasteiger partial charge on any atom is 0.513 e. The van der Waals surface area contributed by atoms with E-state index in [1.54, 1.807) is 0 Å². The first-order valence-electron chi connectivity index (χ1n) is 9.53. The molecule has 0 aliphatic carbocycles. The van der Waals surface area contributed by atoms with Crippen molar-refractivity contribution >= 4 is 6.16 Å². The third kappa shape index (κ3) is 6.55. The van der Waals surface area contributed by atoms with E-state index >= 15 is 0 Å². The van der Waals surface area contributed by atoms with E-state index in [2.05, 4.69) is 30.3 Å². The van der Waals surface area contributed by atoms with Gasteiger partial charge in [0, 0.05) is 0 Å². The van der Waals surface area contributed by atoms with Crippen LogP contribution in [0.1, 0.15) is 54.4 Å². The highest BCUT2D eigenvalue weighted by atomic mass is 16.7. The highest BCUT2D eigenvalue weighted by Gasteiger charge is 2.10. The molecule has 0 N–H and O–H groups in total. The molecule has 2 aromatic carbocycles. The van der Waals surface area contributed by atoms with E-state index in [9.17, 15) is 4.79 Å². The van der Waals surface area contributed by atoms with Crippen molar-refractivity contribution in [2.75, 3.05) is 6.61 Å². The topological polar surface area (TPSA) is 35.5 Å². The molecule has 0 aliphatic heterocycles. The van der Waals surface area contributed by atoms with Crippen LogP contribution >= 0.6 is 0 Å². The van der Waals surface area contributed by atoms with Crippen molar-refractivity contribution in [2.45, 2.75) is 59.3 Å². The minimum absolute atomic E-state index is 0.418. The van der Waals surface area contributed by atoms with Gasteiger partial charge in [-0.1, -0.05) is 55.7 Å². The fraction of sp³-hybridized carbons (Fsp3) is 0.435. The summed E-state index contributed by atoms with van der Waals surface area (Å²) in [5, 5.41) is 0. The number of hydrogen-bond acceptors (Lipinski definition) is 3. The van der Waals surface area contributed by atoms with Crippen LogP contribution in [0, 0.1) is 20.8 Å². The van der Waals surface area contributed by atoms with Gasteiger partial charge in [-0.2, -0.15) is 0 Å². The molecule has 0 amide bonds. The molecule has 0 heterocycles. The zero-order valence-electron chi connectivity index (χ0n) is 16.2. The van der Waals surface area contributed by atoms with E-state index in [1.165, 1.54) is 30.4 Å². The smallest absolute Gasteiger partial charge is 0.434 e. The lowest BCUT2D eigenvalue weighted by Crippen LogP contribution is -2.12. The molecular formula is C23H30O3. The van der Waals surface area contributed by atoms with Crippen LogP contribution in [0.3, 0.4) is 0 Å². The SMILES string of the molecule is Cc1ccc(OC(=O)OCCCCCCCc2ccccc2)c(C)c1C. The molecule has 3 nitrogen and oxygen atoms in total. The molecule has 0 radical (unpaired) electrons. The van der Waals surface area contributed by atoms with Gasteiger partial charge in [-0.05, 0) is 68.4 Å². The van der Waals surface area contributed by atoms with Crippen molar-refractivity contribution in [1.82, 2.24) is 0 Å². The molecule has 2 rings (SSSR count). The van der Waals surface area contributed by atoms with E-state index in [0.29, 0.717) is 12.4 Å². The first-order chi connectivity index (χ1) is 12.6. The van der Waals surface area contributed by atoms with E-state index in [1.807, 2.05) is 32.9 Å². The summed E-state index contributed by atoms with van der Waals surface area (Å²) in [6.45, 7) is 6.45. The molecule has 3 heteroatoms. The number of carbonyl (C=O) groups excluding carboxylic acids is 1. The van der Waals surface area contributed by atoms with Gasteiger partial charge in [-0.25, -0.2) is 4.79 Å². The van der Waals surface area contributed by atoms with E-state index in [4.69, 9.17) is 9.47 Å². The highest BCUT2D eigenvalue weighted by molar-refractivity contribution is 5.65. The summed E-state index contributed by atoms with van der Waals surface area (Å²) in [6, 6.07) is 14.4. The second-order valence-corrected chi connectivity index (χ2v) is 6.83. The summed E-state index contributed by atoms with van der Waals surface area (Å²) in [5.74, 6) is 0.582. The first-order valence-corrected chi connectivity index (χ1v) is 9.53. The predicted molar refractivity (Wildman–Crippen MR) is 106 cm³/mol. The maximum atomic E-state index is 11.8. The predicted octanol–water partition coefficient (Wildman–Crippen LogP) is 6.32. The van der Waals surface area contributed by atoms with E-state index in [0.717, 1.165) is 30.4 Å². The van der Waals surface area contributed by atoms with Gasteiger partial charge in [0.05, 0.1) is 6.61 Å². The van der Waals surface area contributed by atoms with Gasteiger partial charge in [0.2, 0.25) is 0 Å². The zero-order valence-corrected chi connectivity index (χ0v) is 16.2. The highest BCUT2D eigenvalue weighted by Crippen LogP contribution is 2.24. The minimum Gasteiger partial charge on any atom is -0.434 e. The van der Waals surface area contributed by atoms with Crippen molar-refractivity contribution in [3.63, 3.8) is 0 Å². The molecule has 0 saturated heterocycles. The molecular weight excluding hydrogens is 324 g/mol. The summed E-state index contributed by atoms with van der Waals surface area (Å²) in [4.78, 5) is 11.8. The number of benzene rings is 2. The Morgan fingerprint density at radius 2 is 1.50 bits per heavy atom. The van der Waals surface area contributed by atoms with Crippen LogP contribution in [-0.4, -0.2) is 12.8 Å². The number of ether oxygens (including phenoxy) is 2. The molecule has 2 aromatic rings. The van der Waals surface area contributed by atoms with Gasteiger partial charge in [-0.15, -0.1) is 0 Å². The molecule has 26 heavy (non-hydrogen) atoms. The molecule has 0 aliphatic rings. The largest absolute Gasteiger partial charge is 0.513 e. The molecule has 0 unspecified atom stereocenters. The second-order valence-electron chi connectivity index (χ2n) is 6.83. The van der Waals surface area contributed by atoms with E-state index in [-0.39, 0.29) is 0 Å². The molecule has 140 valence electrons. The number of aryl methyl sites for hydroxylation is 2. The summed E-state index contributed by atoms with van der Waals surface area (Å²) >= 11 is 0. The van der Waals surface area contributed by atoms with Gasteiger partial charge < -0.3 is 9.47 Å². The Hall–Kier alpha value is -2.29. The zero-order chi connectivity index (χ0) is 18.8. The van der Waals surface area contributed by atoms with Crippen molar-refractivity contribution in [3.05, 3.63) is 64.7 Å². The van der Waals surface area contributed by atoms with Crippen LogP contribution in [0.2, 0.25) is 0 Å². The molecule has 0 bridgehead atoms. The van der Waals surface area contributed by atoms with Gasteiger partial charge in [0.25, 0.3) is 0 Å². The van der Waals surface area contributed by atoms with Crippen LogP contribution in [0.25, 0.3) is 0 Å². The van der Waals surface area contributed by atoms with Gasteiger partial charge in [-0.3, -0.25) is 0 Å². The molecule has 0 atom stereocenters. The maximum absolute atomic E-state index is 11.8. The van der Waals surface area contributed by atoms with Crippen molar-refractivity contribution in [1.29, 1.82) is 0 Å². The Morgan fingerprint density at radius 3 is 2.27 bits per heavy atom. The number of rotatable bonds is 9. The summed E-state index contributed by atoms with van der Waals surface area (Å²) in [6.07, 6.45) is 6.07. The lowest BCUT2D eigenvalue weighted by Gasteiger charge is -2.11. The van der Waals surface area contributed by atoms with Crippen LogP contribution in [0.15, 0.2) is 42.5 Å². The standard InChI is InChI=1S/C23H30O3/c1-18-15-16-22(20(3)19(18)2)26-23(24)25-17-11-6-4-5-8-12-21-13-9-7-10-14-21/h7,9-10,13-16H,4-6,8,11-12,17H2,1-3H3. The fourth-order valence-electron chi connectivity index (χ4n) is 2.92. The molecule has 0 saturated carbocycles. The Morgan fingerprint density at radius 1 is 0.808 bits per heavy atom. The Kier molecular flexibility index (Phi) is 8.20. The first kappa shape index (κ1) is 20.0. The van der Waals surface area contributed by atoms with Crippen LogP contribution in [0.5, 0.6) is 5.75 Å². The van der Waals surface area contributed by atoms with Gasteiger partial charge >= 0.3 is 6.16 Å². The molecule has 0 fully saturated rings. The average Bonchev–Trinajstić information content (AvgIpc) is 2.65.